The highest BCUT2D eigenvalue weighted by molar-refractivity contribution is 7.96. The molecule has 0 aliphatic carbocycles. The first-order valence-corrected chi connectivity index (χ1v) is 2.72. The molecule has 9 heavy (non-hydrogen) atoms. The lowest BCUT2D eigenvalue weighted by Crippen LogP contribution is -1.62. The first-order chi connectivity index (χ1) is 4.23. The number of hydrogen-bond donors (Lipinski definition) is 1. The van der Waals surface area contributed by atoms with Gasteiger partial charge in [-0.05, 0) is 6.07 Å². The zero-order valence-electron chi connectivity index (χ0n) is 4.94. The molecule has 0 atom stereocenters. The first-order valence-electron chi connectivity index (χ1n) is 2.27. The summed E-state index contributed by atoms with van der Waals surface area (Å²) in [6.07, 6.45) is 3.10. The molecule has 0 bridgehead atoms. The Kier molecular flexibility index (Phi) is 4.91. The number of carbonyl (C=O) groups is 1. The smallest absolute Gasteiger partial charge is 0.182 e. The van der Waals surface area contributed by atoms with E-state index in [1.54, 1.807) is 12.3 Å². The molecule has 0 saturated carbocycles. The van der Waals surface area contributed by atoms with Crippen molar-refractivity contribution in [2.24, 2.45) is 0 Å². The Morgan fingerprint density at radius 2 is 2.33 bits per heavy atom. The van der Waals surface area contributed by atoms with Gasteiger partial charge in [-0.1, -0.05) is 5.16 Å². The van der Waals surface area contributed by atoms with Gasteiger partial charge >= 0.3 is 0 Å². The fourth-order valence-electron chi connectivity index (χ4n) is 0.176. The van der Waals surface area contributed by atoms with Crippen LogP contribution < -0.4 is 0 Å². The van der Waals surface area contributed by atoms with E-state index < -0.39 is 0 Å². The molecule has 1 aromatic heterocycles. The molecule has 0 spiro atoms. The lowest BCUT2D eigenvalue weighted by atomic mass is 10.8. The van der Waals surface area contributed by atoms with Gasteiger partial charge in [0.15, 0.2) is 5.12 Å². The van der Waals surface area contributed by atoms with Crippen LogP contribution in [0.5, 0.6) is 0 Å². The van der Waals surface area contributed by atoms with Crippen LogP contribution in [0.3, 0.4) is 0 Å². The highest BCUT2D eigenvalue weighted by atomic mass is 32.1. The molecule has 0 unspecified atom stereocenters. The predicted octanol–water partition coefficient (Wildman–Crippen LogP) is 1.14. The topological polar surface area (TPSA) is 43.1 Å². The quantitative estimate of drug-likeness (QED) is 0.556. The number of hydrogen-bond acceptors (Lipinski definition) is 3. The fraction of sp³-hybridized carbons (Fsp3) is 0.200. The maximum Gasteiger partial charge on any atom is 0.182 e. The molecule has 3 nitrogen and oxygen atoms in total. The Bertz CT molecular complexity index is 129. The van der Waals surface area contributed by atoms with E-state index in [0.29, 0.717) is 0 Å². The summed E-state index contributed by atoms with van der Waals surface area (Å²) in [6.45, 7) is 1.39. The molecule has 1 rings (SSSR count). The Labute approximate surface area is 58.4 Å². The highest BCUT2D eigenvalue weighted by Gasteiger charge is 1.63. The molecule has 0 radical (unpaired) electrons. The van der Waals surface area contributed by atoms with Gasteiger partial charge in [0, 0.05) is 6.92 Å². The van der Waals surface area contributed by atoms with Gasteiger partial charge in [-0.25, -0.2) is 0 Å². The molecule has 0 saturated heterocycles. The second-order valence-corrected chi connectivity index (χ2v) is 1.84. The number of nitrogens with zero attached hydrogens (tertiary/aromatic N) is 1. The van der Waals surface area contributed by atoms with Gasteiger partial charge in [-0.2, -0.15) is 0 Å². The summed E-state index contributed by atoms with van der Waals surface area (Å²) in [5, 5.41) is 3.21. The molecule has 1 aromatic rings. The summed E-state index contributed by atoms with van der Waals surface area (Å²) in [5.41, 5.74) is 0. The van der Waals surface area contributed by atoms with Gasteiger partial charge in [-0.15, -0.1) is 12.6 Å². The summed E-state index contributed by atoms with van der Waals surface area (Å²) in [5.74, 6) is 0. The van der Waals surface area contributed by atoms with Gasteiger partial charge in [-0.3, -0.25) is 4.79 Å². The average molecular weight is 145 g/mol. The lowest BCUT2D eigenvalue weighted by Gasteiger charge is -1.55. The van der Waals surface area contributed by atoms with Crippen LogP contribution in [0.25, 0.3) is 0 Å². The van der Waals surface area contributed by atoms with Crippen molar-refractivity contribution in [1.29, 1.82) is 0 Å². The van der Waals surface area contributed by atoms with Crippen LogP contribution in [0.15, 0.2) is 23.0 Å². The number of carbonyl (C=O) groups excluding carboxylic acids is 1. The van der Waals surface area contributed by atoms with E-state index in [-0.39, 0.29) is 5.12 Å². The third-order valence-corrected chi connectivity index (χ3v) is 0.347. The lowest BCUT2D eigenvalue weighted by molar-refractivity contribution is -0.108. The summed E-state index contributed by atoms with van der Waals surface area (Å²) in [6, 6.07) is 1.72. The van der Waals surface area contributed by atoms with Crippen LogP contribution in [0.4, 0.5) is 0 Å². The monoisotopic (exact) mass is 145 g/mol. The first kappa shape index (κ1) is 8.23. The highest BCUT2D eigenvalue weighted by Crippen LogP contribution is 1.72. The van der Waals surface area contributed by atoms with Crippen LogP contribution in [0, 0.1) is 0 Å². The third kappa shape index (κ3) is 11.1. The molecule has 50 valence electrons. The van der Waals surface area contributed by atoms with E-state index in [1.807, 2.05) is 0 Å². The molecular formula is C5H7NO2S. The molecule has 0 N–H and O–H groups in total. The second kappa shape index (κ2) is 5.37. The predicted molar refractivity (Wildman–Crippen MR) is 36.2 cm³/mol. The van der Waals surface area contributed by atoms with E-state index in [2.05, 4.69) is 22.3 Å². The second-order valence-electron chi connectivity index (χ2n) is 1.21. The van der Waals surface area contributed by atoms with Gasteiger partial charge in [0.05, 0.1) is 6.20 Å². The van der Waals surface area contributed by atoms with Crippen LogP contribution in [0.1, 0.15) is 6.92 Å². The minimum Gasteiger partial charge on any atom is -0.365 e. The van der Waals surface area contributed by atoms with Crippen molar-refractivity contribution in [1.82, 2.24) is 5.16 Å². The van der Waals surface area contributed by atoms with Crippen LogP contribution in [0.2, 0.25) is 0 Å². The van der Waals surface area contributed by atoms with Crippen molar-refractivity contribution in [2.45, 2.75) is 6.92 Å². The molecule has 0 amide bonds. The van der Waals surface area contributed by atoms with E-state index in [1.165, 1.54) is 13.2 Å². The number of rotatable bonds is 0. The molecule has 1 heterocycles. The van der Waals surface area contributed by atoms with Gasteiger partial charge in [0.2, 0.25) is 0 Å². The summed E-state index contributed by atoms with van der Waals surface area (Å²) in [7, 11) is 0. The molecule has 4 heteroatoms. The Hall–Kier alpha value is -0.770. The Morgan fingerprint density at radius 3 is 2.44 bits per heavy atom. The van der Waals surface area contributed by atoms with Crippen molar-refractivity contribution in [3.8, 4) is 0 Å². The summed E-state index contributed by atoms with van der Waals surface area (Å²) < 4.78 is 4.33. The van der Waals surface area contributed by atoms with Crippen molar-refractivity contribution in [3.05, 3.63) is 18.5 Å². The summed E-state index contributed by atoms with van der Waals surface area (Å²) >= 11 is 3.33. The largest absolute Gasteiger partial charge is 0.365 e. The summed E-state index contributed by atoms with van der Waals surface area (Å²) in [4.78, 5) is 9.31. The molecule has 0 fully saturated rings. The molecule has 0 aliphatic rings. The number of aromatic nitrogens is 1. The minimum atomic E-state index is -0.139. The zero-order chi connectivity index (χ0) is 7.11. The van der Waals surface area contributed by atoms with E-state index in [4.69, 9.17) is 0 Å². The van der Waals surface area contributed by atoms with Crippen molar-refractivity contribution < 1.29 is 9.32 Å². The molecule has 0 aromatic carbocycles. The molecule has 0 aliphatic heterocycles. The normalized spacial score (nSPS) is 7.33. The van der Waals surface area contributed by atoms with Crippen molar-refractivity contribution in [2.75, 3.05) is 0 Å². The zero-order valence-corrected chi connectivity index (χ0v) is 5.84. The number of thiol groups is 1. The third-order valence-electron chi connectivity index (χ3n) is 0.347. The van der Waals surface area contributed by atoms with Crippen molar-refractivity contribution >= 4 is 17.7 Å². The van der Waals surface area contributed by atoms with Crippen molar-refractivity contribution in [3.63, 3.8) is 0 Å². The molecular weight excluding hydrogens is 138 g/mol. The van der Waals surface area contributed by atoms with Crippen LogP contribution >= 0.6 is 12.6 Å². The standard InChI is InChI=1S/C3H3NO.C2H4OS/c1-2-4-5-3-1;1-2(3)4/h1-3H;1H3,(H,3,4). The van der Waals surface area contributed by atoms with E-state index in [9.17, 15) is 4.79 Å². The van der Waals surface area contributed by atoms with Crippen LogP contribution in [-0.2, 0) is 4.79 Å². The maximum atomic E-state index is 9.31. The Balaban J connectivity index is 0.000000148. The average Bonchev–Trinajstić information content (AvgIpc) is 2.11. The van der Waals surface area contributed by atoms with Crippen LogP contribution in [-0.4, -0.2) is 10.3 Å². The maximum absolute atomic E-state index is 9.31. The van der Waals surface area contributed by atoms with E-state index in [0.717, 1.165) is 0 Å². The SMILES string of the molecule is CC(=O)S.c1cnoc1. The minimum absolute atomic E-state index is 0.139. The van der Waals surface area contributed by atoms with Gasteiger partial charge < -0.3 is 4.52 Å². The fourth-order valence-corrected chi connectivity index (χ4v) is 0.176. The van der Waals surface area contributed by atoms with Gasteiger partial charge in [0.25, 0.3) is 0 Å². The van der Waals surface area contributed by atoms with Gasteiger partial charge in [0.1, 0.15) is 6.26 Å². The Morgan fingerprint density at radius 1 is 1.78 bits per heavy atom. The van der Waals surface area contributed by atoms with E-state index >= 15 is 0 Å².